The van der Waals surface area contributed by atoms with Crippen LogP contribution in [-0.2, 0) is 12.4 Å². The minimum Gasteiger partial charge on any atom is -0.239 e. The molecule has 17 heavy (non-hydrogen) atoms. The van der Waals surface area contributed by atoms with Crippen LogP contribution in [0.1, 0.15) is 11.4 Å². The highest BCUT2D eigenvalue weighted by atomic mass is 32.1. The second-order valence-corrected chi connectivity index (χ2v) is 2.98. The zero-order chi connectivity index (χ0) is 13.3. The summed E-state index contributed by atoms with van der Waals surface area (Å²) in [5, 5.41) is 1.69. The summed E-state index contributed by atoms with van der Waals surface area (Å²) in [6, 6.07) is 0.711. The Balaban J connectivity index is 3.44. The maximum absolute atomic E-state index is 12.3. The van der Waals surface area contributed by atoms with Crippen molar-refractivity contribution in [2.24, 2.45) is 4.99 Å². The van der Waals surface area contributed by atoms with Gasteiger partial charge in [0, 0.05) is 0 Å². The Kier molecular flexibility index (Phi) is 3.53. The van der Waals surface area contributed by atoms with Gasteiger partial charge in [0.05, 0.1) is 10.8 Å². The molecule has 0 fully saturated rings. The summed E-state index contributed by atoms with van der Waals surface area (Å²) >= 11 is 4.11. The second-order valence-electron chi connectivity index (χ2n) is 2.79. The van der Waals surface area contributed by atoms with Gasteiger partial charge in [0.1, 0.15) is 11.4 Å². The van der Waals surface area contributed by atoms with Crippen LogP contribution in [0.5, 0.6) is 0 Å². The van der Waals surface area contributed by atoms with Gasteiger partial charge in [0.25, 0.3) is 0 Å². The van der Waals surface area contributed by atoms with Crippen molar-refractivity contribution in [3.8, 4) is 0 Å². The molecule has 0 bridgehead atoms. The summed E-state index contributed by atoms with van der Waals surface area (Å²) in [5.41, 5.74) is -3.97. The molecular formula is C8H2F6N2S. The van der Waals surface area contributed by atoms with Crippen molar-refractivity contribution < 1.29 is 26.3 Å². The van der Waals surface area contributed by atoms with E-state index >= 15 is 0 Å². The Hall–Kier alpha value is -1.47. The molecular weight excluding hydrogens is 270 g/mol. The number of nitrogens with zero attached hydrogens (tertiary/aromatic N) is 2. The maximum atomic E-state index is 12.3. The van der Waals surface area contributed by atoms with E-state index in [1.807, 2.05) is 0 Å². The molecule has 0 spiro atoms. The van der Waals surface area contributed by atoms with Crippen LogP contribution in [0.3, 0.4) is 0 Å². The Morgan fingerprint density at radius 1 is 1.00 bits per heavy atom. The fourth-order valence-corrected chi connectivity index (χ4v) is 1.03. The summed E-state index contributed by atoms with van der Waals surface area (Å²) in [6.45, 7) is 0. The molecule has 0 unspecified atom stereocenters. The van der Waals surface area contributed by atoms with Crippen molar-refractivity contribution in [2.45, 2.75) is 12.4 Å². The van der Waals surface area contributed by atoms with E-state index < -0.39 is 29.4 Å². The molecule has 0 N–H and O–H groups in total. The first-order chi connectivity index (χ1) is 7.64. The highest BCUT2D eigenvalue weighted by Gasteiger charge is 2.38. The van der Waals surface area contributed by atoms with E-state index in [1.165, 1.54) is 0 Å². The third kappa shape index (κ3) is 3.50. The molecule has 0 atom stereocenters. The van der Waals surface area contributed by atoms with Crippen LogP contribution in [0.2, 0.25) is 0 Å². The van der Waals surface area contributed by atoms with Gasteiger partial charge in [-0.05, 0) is 24.4 Å². The van der Waals surface area contributed by atoms with Gasteiger partial charge in [-0.2, -0.15) is 31.3 Å². The van der Waals surface area contributed by atoms with E-state index in [0.717, 1.165) is 0 Å². The summed E-state index contributed by atoms with van der Waals surface area (Å²) in [4.78, 5) is 5.57. The lowest BCUT2D eigenvalue weighted by Crippen LogP contribution is -2.14. The Morgan fingerprint density at radius 2 is 1.41 bits per heavy atom. The number of rotatable bonds is 1. The molecule has 0 aliphatic carbocycles. The molecule has 0 radical (unpaired) electrons. The number of aromatic nitrogens is 1. The molecule has 9 heteroatoms. The summed E-state index contributed by atoms with van der Waals surface area (Å²) in [6.07, 6.45) is -9.99. The minimum absolute atomic E-state index is 0.356. The number of halogens is 6. The smallest absolute Gasteiger partial charge is 0.239 e. The zero-order valence-electron chi connectivity index (χ0n) is 7.73. The quantitative estimate of drug-likeness (QED) is 0.440. The SMILES string of the molecule is FC(F)(F)c1cc(N=C=S)cc(C(F)(F)F)n1. The van der Waals surface area contributed by atoms with Gasteiger partial charge >= 0.3 is 12.4 Å². The first kappa shape index (κ1) is 13.6. The van der Waals surface area contributed by atoms with Gasteiger partial charge in [-0.1, -0.05) is 0 Å². The highest BCUT2D eigenvalue weighted by molar-refractivity contribution is 7.78. The molecule has 0 aromatic carbocycles. The Bertz CT molecular complexity index is 440. The van der Waals surface area contributed by atoms with E-state index in [1.54, 1.807) is 5.16 Å². The minimum atomic E-state index is -4.99. The summed E-state index contributed by atoms with van der Waals surface area (Å²) < 4.78 is 73.6. The van der Waals surface area contributed by atoms with E-state index in [0.29, 0.717) is 12.1 Å². The molecule has 2 nitrogen and oxygen atoms in total. The predicted octanol–water partition coefficient (Wildman–Crippen LogP) is 3.85. The molecule has 1 aromatic heterocycles. The van der Waals surface area contributed by atoms with Crippen molar-refractivity contribution in [3.05, 3.63) is 23.5 Å². The molecule has 1 rings (SSSR count). The topological polar surface area (TPSA) is 25.2 Å². The van der Waals surface area contributed by atoms with Gasteiger partial charge < -0.3 is 0 Å². The lowest BCUT2D eigenvalue weighted by Gasteiger charge is -2.10. The van der Waals surface area contributed by atoms with Gasteiger partial charge in [-0.3, -0.25) is 0 Å². The lowest BCUT2D eigenvalue weighted by molar-refractivity contribution is -0.150. The van der Waals surface area contributed by atoms with Gasteiger partial charge in [0.2, 0.25) is 0 Å². The molecule has 92 valence electrons. The van der Waals surface area contributed by atoms with Gasteiger partial charge in [-0.25, -0.2) is 4.98 Å². The molecule has 0 saturated carbocycles. The highest BCUT2D eigenvalue weighted by Crippen LogP contribution is 2.35. The molecule has 0 saturated heterocycles. The molecule has 0 aliphatic rings. The van der Waals surface area contributed by atoms with Crippen LogP contribution in [0.4, 0.5) is 32.0 Å². The van der Waals surface area contributed by atoms with Crippen molar-refractivity contribution in [2.75, 3.05) is 0 Å². The van der Waals surface area contributed by atoms with Crippen molar-refractivity contribution in [3.63, 3.8) is 0 Å². The standard InChI is InChI=1S/C8H2F6N2S/c9-7(10,11)5-1-4(15-3-17)2-6(16-5)8(12,13)14/h1-2H. The van der Waals surface area contributed by atoms with Crippen molar-refractivity contribution in [1.82, 2.24) is 4.98 Å². The van der Waals surface area contributed by atoms with E-state index in [-0.39, 0.29) is 0 Å². The largest absolute Gasteiger partial charge is 0.433 e. The van der Waals surface area contributed by atoms with E-state index in [2.05, 4.69) is 22.2 Å². The fourth-order valence-electron chi connectivity index (χ4n) is 0.924. The first-order valence-electron chi connectivity index (χ1n) is 3.89. The number of alkyl halides is 6. The normalized spacial score (nSPS) is 12.1. The van der Waals surface area contributed by atoms with E-state index in [9.17, 15) is 26.3 Å². The van der Waals surface area contributed by atoms with Gasteiger partial charge in [-0.15, -0.1) is 0 Å². The lowest BCUT2D eigenvalue weighted by atomic mass is 10.2. The third-order valence-electron chi connectivity index (χ3n) is 1.57. The summed E-state index contributed by atoms with van der Waals surface area (Å²) in [7, 11) is 0. The monoisotopic (exact) mass is 272 g/mol. The second kappa shape index (κ2) is 4.42. The predicted molar refractivity (Wildman–Crippen MR) is 48.9 cm³/mol. The number of hydrogen-bond donors (Lipinski definition) is 0. The van der Waals surface area contributed by atoms with Crippen molar-refractivity contribution >= 4 is 23.1 Å². The Labute approximate surface area is 96.0 Å². The van der Waals surface area contributed by atoms with E-state index in [4.69, 9.17) is 0 Å². The number of thiocarbonyl (C=S) groups is 1. The van der Waals surface area contributed by atoms with Crippen LogP contribution >= 0.6 is 12.2 Å². The summed E-state index contributed by atoms with van der Waals surface area (Å²) in [5.74, 6) is 0. The molecule has 1 aromatic rings. The number of aliphatic imine (C=N–C) groups is 1. The van der Waals surface area contributed by atoms with Crippen molar-refractivity contribution in [1.29, 1.82) is 0 Å². The maximum Gasteiger partial charge on any atom is 0.433 e. The first-order valence-corrected chi connectivity index (χ1v) is 4.30. The van der Waals surface area contributed by atoms with Crippen LogP contribution in [0.15, 0.2) is 17.1 Å². The molecule has 0 amide bonds. The third-order valence-corrected chi connectivity index (χ3v) is 1.66. The number of pyridine rings is 1. The van der Waals surface area contributed by atoms with Crippen LogP contribution in [0.25, 0.3) is 0 Å². The van der Waals surface area contributed by atoms with Crippen LogP contribution in [-0.4, -0.2) is 10.1 Å². The van der Waals surface area contributed by atoms with Gasteiger partial charge in [0.15, 0.2) is 0 Å². The molecule has 1 heterocycles. The fraction of sp³-hybridized carbons (Fsp3) is 0.250. The Morgan fingerprint density at radius 3 is 1.71 bits per heavy atom. The van der Waals surface area contributed by atoms with Crippen LogP contribution in [0, 0.1) is 0 Å². The average Bonchev–Trinajstić information content (AvgIpc) is 2.15. The zero-order valence-corrected chi connectivity index (χ0v) is 8.54. The number of hydrogen-bond acceptors (Lipinski definition) is 3. The van der Waals surface area contributed by atoms with Crippen LogP contribution < -0.4 is 0 Å². The average molecular weight is 272 g/mol. The molecule has 0 aliphatic heterocycles. The number of isothiocyanates is 1.